The molecule has 0 radical (unpaired) electrons. The molecule has 1 aliphatic carbocycles. The second-order valence-electron chi connectivity index (χ2n) is 3.41. The number of nitrogens with two attached hydrogens (primary N) is 1. The van der Waals surface area contributed by atoms with Crippen LogP contribution in [-0.2, 0) is 6.42 Å². The van der Waals surface area contributed by atoms with Gasteiger partial charge >= 0.3 is 0 Å². The molecule has 0 aliphatic heterocycles. The largest absolute Gasteiger partial charge is 0.324 e. The minimum atomic E-state index is -0.0551. The summed E-state index contributed by atoms with van der Waals surface area (Å²) in [5, 5.41) is 0. The molecule has 1 atom stereocenters. The van der Waals surface area contributed by atoms with E-state index in [-0.39, 0.29) is 11.9 Å². The van der Waals surface area contributed by atoms with Crippen LogP contribution < -0.4 is 5.73 Å². The van der Waals surface area contributed by atoms with Crippen LogP contribution in [0.1, 0.15) is 29.2 Å². The van der Waals surface area contributed by atoms with Gasteiger partial charge in [-0.25, -0.2) is 4.39 Å². The predicted octanol–water partition coefficient (Wildman–Crippen LogP) is 2.08. The zero-order chi connectivity index (χ0) is 8.72. The van der Waals surface area contributed by atoms with Crippen molar-refractivity contribution in [1.29, 1.82) is 0 Å². The van der Waals surface area contributed by atoms with Gasteiger partial charge in [0.2, 0.25) is 0 Å². The molecule has 0 fully saturated rings. The SMILES string of the molecule is Cc1ccc2c(c1F)CCC2N. The van der Waals surface area contributed by atoms with Gasteiger partial charge in [-0.15, -0.1) is 0 Å². The van der Waals surface area contributed by atoms with Crippen LogP contribution in [0.25, 0.3) is 0 Å². The molecule has 0 saturated carbocycles. The minimum Gasteiger partial charge on any atom is -0.324 e. The minimum absolute atomic E-state index is 0.0510. The molecule has 1 aliphatic rings. The van der Waals surface area contributed by atoms with E-state index in [4.69, 9.17) is 5.73 Å². The fraction of sp³-hybridized carbons (Fsp3) is 0.400. The fourth-order valence-corrected chi connectivity index (χ4v) is 1.81. The summed E-state index contributed by atoms with van der Waals surface area (Å²) in [4.78, 5) is 0. The van der Waals surface area contributed by atoms with E-state index < -0.39 is 0 Å². The van der Waals surface area contributed by atoms with E-state index in [0.717, 1.165) is 29.5 Å². The molecular weight excluding hydrogens is 153 g/mol. The number of fused-ring (bicyclic) bond motifs is 1. The Morgan fingerprint density at radius 2 is 2.25 bits per heavy atom. The Morgan fingerprint density at radius 1 is 1.50 bits per heavy atom. The third-order valence-corrected chi connectivity index (χ3v) is 2.58. The molecule has 1 unspecified atom stereocenters. The van der Waals surface area contributed by atoms with E-state index in [2.05, 4.69) is 0 Å². The quantitative estimate of drug-likeness (QED) is 0.625. The van der Waals surface area contributed by atoms with E-state index >= 15 is 0 Å². The Hall–Kier alpha value is -0.890. The molecule has 2 N–H and O–H groups in total. The van der Waals surface area contributed by atoms with Gasteiger partial charge < -0.3 is 5.73 Å². The summed E-state index contributed by atoms with van der Waals surface area (Å²) in [5.74, 6) is -0.0551. The zero-order valence-corrected chi connectivity index (χ0v) is 7.10. The van der Waals surface area contributed by atoms with Gasteiger partial charge in [0, 0.05) is 6.04 Å². The van der Waals surface area contributed by atoms with Crippen molar-refractivity contribution in [3.63, 3.8) is 0 Å². The summed E-state index contributed by atoms with van der Waals surface area (Å²) in [6.07, 6.45) is 1.68. The Morgan fingerprint density at radius 3 is 3.00 bits per heavy atom. The van der Waals surface area contributed by atoms with Crippen molar-refractivity contribution in [2.75, 3.05) is 0 Å². The van der Waals surface area contributed by atoms with Crippen molar-refractivity contribution in [2.24, 2.45) is 5.73 Å². The first-order valence-electron chi connectivity index (χ1n) is 4.23. The van der Waals surface area contributed by atoms with Crippen LogP contribution in [0.2, 0.25) is 0 Å². The van der Waals surface area contributed by atoms with Crippen molar-refractivity contribution in [3.8, 4) is 0 Å². The molecule has 64 valence electrons. The molecule has 1 nitrogen and oxygen atoms in total. The second-order valence-corrected chi connectivity index (χ2v) is 3.41. The van der Waals surface area contributed by atoms with Gasteiger partial charge in [0.25, 0.3) is 0 Å². The van der Waals surface area contributed by atoms with Crippen LogP contribution in [0.5, 0.6) is 0 Å². The van der Waals surface area contributed by atoms with Crippen LogP contribution in [0, 0.1) is 12.7 Å². The molecule has 0 aromatic heterocycles. The molecule has 0 spiro atoms. The number of aryl methyl sites for hydroxylation is 1. The molecule has 2 heteroatoms. The van der Waals surface area contributed by atoms with E-state index in [1.54, 1.807) is 13.0 Å². The van der Waals surface area contributed by atoms with Crippen molar-refractivity contribution in [2.45, 2.75) is 25.8 Å². The molecule has 2 rings (SSSR count). The van der Waals surface area contributed by atoms with E-state index in [1.165, 1.54) is 0 Å². The van der Waals surface area contributed by atoms with Crippen LogP contribution in [-0.4, -0.2) is 0 Å². The first-order valence-corrected chi connectivity index (χ1v) is 4.23. The first kappa shape index (κ1) is 7.74. The first-order chi connectivity index (χ1) is 5.70. The summed E-state index contributed by atoms with van der Waals surface area (Å²) in [5.41, 5.74) is 8.36. The van der Waals surface area contributed by atoms with Crippen molar-refractivity contribution in [1.82, 2.24) is 0 Å². The van der Waals surface area contributed by atoms with Crippen LogP contribution >= 0.6 is 0 Å². The van der Waals surface area contributed by atoms with Gasteiger partial charge in [0.15, 0.2) is 0 Å². The van der Waals surface area contributed by atoms with E-state index in [0.29, 0.717) is 0 Å². The zero-order valence-electron chi connectivity index (χ0n) is 7.10. The van der Waals surface area contributed by atoms with Crippen LogP contribution in [0.3, 0.4) is 0 Å². The normalized spacial score (nSPS) is 21.1. The van der Waals surface area contributed by atoms with Crippen molar-refractivity contribution < 1.29 is 4.39 Å². The van der Waals surface area contributed by atoms with Gasteiger partial charge in [-0.3, -0.25) is 0 Å². The van der Waals surface area contributed by atoms with Gasteiger partial charge in [-0.1, -0.05) is 12.1 Å². The topological polar surface area (TPSA) is 26.0 Å². The third-order valence-electron chi connectivity index (χ3n) is 2.58. The number of halogens is 1. The van der Waals surface area contributed by atoms with E-state index in [9.17, 15) is 4.39 Å². The molecule has 12 heavy (non-hydrogen) atoms. The highest BCUT2D eigenvalue weighted by molar-refractivity contribution is 5.38. The lowest BCUT2D eigenvalue weighted by Gasteiger charge is -2.06. The number of hydrogen-bond donors (Lipinski definition) is 1. The Balaban J connectivity index is 2.60. The summed E-state index contributed by atoms with van der Waals surface area (Å²) >= 11 is 0. The molecule has 0 saturated heterocycles. The maximum atomic E-state index is 13.4. The monoisotopic (exact) mass is 165 g/mol. The lowest BCUT2D eigenvalue weighted by molar-refractivity contribution is 0.603. The Bertz CT molecular complexity index is 320. The summed E-state index contributed by atoms with van der Waals surface area (Å²) in [6, 6.07) is 3.81. The highest BCUT2D eigenvalue weighted by Crippen LogP contribution is 2.31. The van der Waals surface area contributed by atoms with Gasteiger partial charge in [-0.2, -0.15) is 0 Å². The lowest BCUT2D eigenvalue weighted by Crippen LogP contribution is -2.05. The average molecular weight is 165 g/mol. The molecule has 0 heterocycles. The van der Waals surface area contributed by atoms with Gasteiger partial charge in [0.1, 0.15) is 5.82 Å². The fourth-order valence-electron chi connectivity index (χ4n) is 1.81. The Labute approximate surface area is 71.4 Å². The smallest absolute Gasteiger partial charge is 0.129 e. The molecular formula is C10H12FN. The van der Waals surface area contributed by atoms with Gasteiger partial charge in [-0.05, 0) is 36.5 Å². The maximum absolute atomic E-state index is 13.4. The number of rotatable bonds is 0. The number of hydrogen-bond acceptors (Lipinski definition) is 1. The molecule has 0 amide bonds. The standard InChI is InChI=1S/C10H12FN/c1-6-2-3-7-8(10(6)11)4-5-9(7)12/h2-3,9H,4-5,12H2,1H3. The molecule has 1 aromatic rings. The summed E-state index contributed by atoms with van der Waals surface area (Å²) in [7, 11) is 0. The van der Waals surface area contributed by atoms with Crippen molar-refractivity contribution >= 4 is 0 Å². The average Bonchev–Trinajstić information content (AvgIpc) is 2.41. The maximum Gasteiger partial charge on any atom is 0.129 e. The van der Waals surface area contributed by atoms with E-state index in [1.807, 2.05) is 6.07 Å². The van der Waals surface area contributed by atoms with Gasteiger partial charge in [0.05, 0.1) is 0 Å². The second kappa shape index (κ2) is 2.56. The number of benzene rings is 1. The van der Waals surface area contributed by atoms with Crippen LogP contribution in [0.4, 0.5) is 4.39 Å². The highest BCUT2D eigenvalue weighted by Gasteiger charge is 2.22. The van der Waals surface area contributed by atoms with Crippen molar-refractivity contribution in [3.05, 3.63) is 34.6 Å². The highest BCUT2D eigenvalue weighted by atomic mass is 19.1. The third kappa shape index (κ3) is 0.950. The Kier molecular flexibility index (Phi) is 1.65. The van der Waals surface area contributed by atoms with Crippen LogP contribution in [0.15, 0.2) is 12.1 Å². The predicted molar refractivity (Wildman–Crippen MR) is 46.4 cm³/mol. The summed E-state index contributed by atoms with van der Waals surface area (Å²) < 4.78 is 13.4. The lowest BCUT2D eigenvalue weighted by atomic mass is 10.1. The molecule has 1 aromatic carbocycles. The summed E-state index contributed by atoms with van der Waals surface area (Å²) in [6.45, 7) is 1.79. The molecule has 0 bridgehead atoms.